The first kappa shape index (κ1) is 18.3. The van der Waals surface area contributed by atoms with Crippen molar-refractivity contribution < 1.29 is 14.3 Å². The summed E-state index contributed by atoms with van der Waals surface area (Å²) in [5.74, 6) is 1.20. The lowest BCUT2D eigenvalue weighted by atomic mass is 10.1. The normalized spacial score (nSPS) is 10.3. The number of methoxy groups -OCH3 is 1. The van der Waals surface area contributed by atoms with Gasteiger partial charge in [-0.3, -0.25) is 4.79 Å². The Bertz CT molecular complexity index is 1010. The van der Waals surface area contributed by atoms with E-state index in [2.05, 4.69) is 6.07 Å². The molecule has 0 aliphatic carbocycles. The number of benzene rings is 3. The van der Waals surface area contributed by atoms with Crippen molar-refractivity contribution >= 4 is 16.7 Å². The van der Waals surface area contributed by atoms with Gasteiger partial charge in [-0.25, -0.2) is 0 Å². The first-order chi connectivity index (χ1) is 13.1. The van der Waals surface area contributed by atoms with Crippen LogP contribution in [0.25, 0.3) is 10.8 Å². The molecule has 0 fully saturated rings. The molecule has 3 aromatic carbocycles. The first-order valence-corrected chi connectivity index (χ1v) is 8.52. The van der Waals surface area contributed by atoms with Crippen LogP contribution in [0.5, 0.6) is 11.5 Å². The van der Waals surface area contributed by atoms with E-state index in [-0.39, 0.29) is 12.5 Å². The number of fused-ring (bicyclic) bond motifs is 1. The average molecular weight is 360 g/mol. The van der Waals surface area contributed by atoms with Crippen LogP contribution in [0.2, 0.25) is 0 Å². The predicted octanol–water partition coefficient (Wildman–Crippen LogP) is 3.76. The molecule has 0 saturated carbocycles. The van der Waals surface area contributed by atoms with Crippen LogP contribution in [0, 0.1) is 11.3 Å². The van der Waals surface area contributed by atoms with Crippen molar-refractivity contribution in [2.75, 3.05) is 20.8 Å². The Balaban J connectivity index is 1.62. The smallest absolute Gasteiger partial charge is 0.260 e. The largest absolute Gasteiger partial charge is 0.497 e. The van der Waals surface area contributed by atoms with Crippen molar-refractivity contribution in [3.05, 3.63) is 71.8 Å². The quantitative estimate of drug-likeness (QED) is 0.671. The van der Waals surface area contributed by atoms with Gasteiger partial charge in [0.2, 0.25) is 0 Å². The van der Waals surface area contributed by atoms with Gasteiger partial charge in [-0.1, -0.05) is 24.3 Å². The number of amides is 1. The molecule has 0 aliphatic rings. The minimum atomic E-state index is -0.132. The molecule has 0 saturated heterocycles. The highest BCUT2D eigenvalue weighted by molar-refractivity contribution is 5.84. The molecular formula is C22H20N2O3. The third-order valence-electron chi connectivity index (χ3n) is 4.28. The standard InChI is InChI=1S/C22H20N2O3/c1-24(22(25)15-27-21-5-3-4-16(11-21)13-23)14-17-6-7-19-12-20(26-2)9-8-18(19)10-17/h3-12H,14-15H2,1-2H3. The van der Waals surface area contributed by atoms with Crippen molar-refractivity contribution in [1.82, 2.24) is 4.90 Å². The highest BCUT2D eigenvalue weighted by Gasteiger charge is 2.11. The molecule has 0 radical (unpaired) electrons. The zero-order chi connectivity index (χ0) is 19.2. The van der Waals surface area contributed by atoms with Gasteiger partial charge in [0.15, 0.2) is 6.61 Å². The van der Waals surface area contributed by atoms with Crippen LogP contribution in [0.4, 0.5) is 0 Å². The zero-order valence-electron chi connectivity index (χ0n) is 15.3. The van der Waals surface area contributed by atoms with E-state index in [9.17, 15) is 4.79 Å². The number of ether oxygens (including phenoxy) is 2. The number of nitrogens with zero attached hydrogens (tertiary/aromatic N) is 2. The van der Waals surface area contributed by atoms with Gasteiger partial charge in [-0.15, -0.1) is 0 Å². The number of rotatable bonds is 6. The fourth-order valence-corrected chi connectivity index (χ4v) is 2.77. The fraction of sp³-hybridized carbons (Fsp3) is 0.182. The van der Waals surface area contributed by atoms with Gasteiger partial charge >= 0.3 is 0 Å². The highest BCUT2D eigenvalue weighted by atomic mass is 16.5. The summed E-state index contributed by atoms with van der Waals surface area (Å²) in [4.78, 5) is 14.0. The first-order valence-electron chi connectivity index (χ1n) is 8.52. The van der Waals surface area contributed by atoms with Gasteiger partial charge in [0, 0.05) is 13.6 Å². The molecule has 0 spiro atoms. The molecule has 0 heterocycles. The molecule has 3 aromatic rings. The molecule has 136 valence electrons. The summed E-state index contributed by atoms with van der Waals surface area (Å²) in [5.41, 5.74) is 1.54. The van der Waals surface area contributed by atoms with Crippen LogP contribution < -0.4 is 9.47 Å². The molecule has 0 aliphatic heterocycles. The van der Waals surface area contributed by atoms with E-state index in [0.717, 1.165) is 22.1 Å². The Morgan fingerprint density at radius 1 is 1.04 bits per heavy atom. The second-order valence-corrected chi connectivity index (χ2v) is 6.23. The van der Waals surface area contributed by atoms with E-state index >= 15 is 0 Å². The van der Waals surface area contributed by atoms with Gasteiger partial charge in [0.05, 0.1) is 18.7 Å². The van der Waals surface area contributed by atoms with Gasteiger partial charge in [-0.2, -0.15) is 5.26 Å². The van der Waals surface area contributed by atoms with Gasteiger partial charge in [-0.05, 0) is 52.7 Å². The molecule has 3 rings (SSSR count). The maximum Gasteiger partial charge on any atom is 0.260 e. The number of nitriles is 1. The van der Waals surface area contributed by atoms with E-state index in [0.29, 0.717) is 17.9 Å². The topological polar surface area (TPSA) is 62.6 Å². The predicted molar refractivity (Wildman–Crippen MR) is 104 cm³/mol. The summed E-state index contributed by atoms with van der Waals surface area (Å²) in [6.45, 7) is 0.415. The maximum absolute atomic E-state index is 12.3. The summed E-state index contributed by atoms with van der Waals surface area (Å²) in [5, 5.41) is 11.1. The van der Waals surface area contributed by atoms with Gasteiger partial charge in [0.25, 0.3) is 5.91 Å². The molecule has 1 amide bonds. The van der Waals surface area contributed by atoms with E-state index < -0.39 is 0 Å². The van der Waals surface area contributed by atoms with Crippen molar-refractivity contribution in [3.8, 4) is 17.6 Å². The third kappa shape index (κ3) is 4.56. The average Bonchev–Trinajstić information content (AvgIpc) is 2.71. The number of hydrogen-bond acceptors (Lipinski definition) is 4. The molecule has 0 atom stereocenters. The molecule has 5 heteroatoms. The summed E-state index contributed by atoms with van der Waals surface area (Å²) < 4.78 is 10.8. The molecule has 0 N–H and O–H groups in total. The molecular weight excluding hydrogens is 340 g/mol. The minimum Gasteiger partial charge on any atom is -0.497 e. The highest BCUT2D eigenvalue weighted by Crippen LogP contribution is 2.22. The van der Waals surface area contributed by atoms with Crippen molar-refractivity contribution in [2.24, 2.45) is 0 Å². The lowest BCUT2D eigenvalue weighted by Gasteiger charge is -2.18. The molecule has 5 nitrogen and oxygen atoms in total. The number of carbonyl (C=O) groups is 1. The van der Waals surface area contributed by atoms with Crippen LogP contribution in [-0.4, -0.2) is 31.6 Å². The maximum atomic E-state index is 12.3. The van der Waals surface area contributed by atoms with E-state index in [1.54, 1.807) is 43.3 Å². The van der Waals surface area contributed by atoms with Crippen molar-refractivity contribution in [3.63, 3.8) is 0 Å². The second-order valence-electron chi connectivity index (χ2n) is 6.23. The second kappa shape index (κ2) is 8.24. The zero-order valence-corrected chi connectivity index (χ0v) is 15.3. The summed E-state index contributed by atoms with van der Waals surface area (Å²) in [6.07, 6.45) is 0. The Labute approximate surface area is 158 Å². The lowest BCUT2D eigenvalue weighted by molar-refractivity contribution is -0.132. The van der Waals surface area contributed by atoms with E-state index in [1.807, 2.05) is 36.4 Å². The minimum absolute atomic E-state index is 0.0733. The van der Waals surface area contributed by atoms with E-state index in [4.69, 9.17) is 14.7 Å². The fourth-order valence-electron chi connectivity index (χ4n) is 2.77. The molecule has 0 aromatic heterocycles. The number of hydrogen-bond donors (Lipinski definition) is 0. The van der Waals surface area contributed by atoms with E-state index in [1.165, 1.54) is 0 Å². The Kier molecular flexibility index (Phi) is 5.58. The molecule has 27 heavy (non-hydrogen) atoms. The Hall–Kier alpha value is -3.52. The summed E-state index contributed by atoms with van der Waals surface area (Å²) in [7, 11) is 3.39. The number of carbonyl (C=O) groups excluding carboxylic acids is 1. The Morgan fingerprint density at radius 3 is 2.59 bits per heavy atom. The number of likely N-dealkylation sites (N-methyl/N-ethyl adjacent to an activating group) is 1. The molecule has 0 bridgehead atoms. The SMILES string of the molecule is COc1ccc2cc(CN(C)C(=O)COc3cccc(C#N)c3)ccc2c1. The molecule has 0 unspecified atom stereocenters. The van der Waals surface area contributed by atoms with Crippen molar-refractivity contribution in [1.29, 1.82) is 5.26 Å². The van der Waals surface area contributed by atoms with Gasteiger partial charge < -0.3 is 14.4 Å². The summed E-state index contributed by atoms with van der Waals surface area (Å²) >= 11 is 0. The lowest BCUT2D eigenvalue weighted by Crippen LogP contribution is -2.30. The van der Waals surface area contributed by atoms with Crippen LogP contribution >= 0.6 is 0 Å². The van der Waals surface area contributed by atoms with Crippen LogP contribution in [0.15, 0.2) is 60.7 Å². The third-order valence-corrected chi connectivity index (χ3v) is 4.28. The van der Waals surface area contributed by atoms with Gasteiger partial charge in [0.1, 0.15) is 11.5 Å². The van der Waals surface area contributed by atoms with Crippen LogP contribution in [-0.2, 0) is 11.3 Å². The van der Waals surface area contributed by atoms with Crippen LogP contribution in [0.3, 0.4) is 0 Å². The Morgan fingerprint density at radius 2 is 1.81 bits per heavy atom. The van der Waals surface area contributed by atoms with Crippen LogP contribution in [0.1, 0.15) is 11.1 Å². The van der Waals surface area contributed by atoms with Crippen molar-refractivity contribution in [2.45, 2.75) is 6.54 Å². The monoisotopic (exact) mass is 360 g/mol. The summed E-state index contributed by atoms with van der Waals surface area (Å²) in [6, 6.07) is 20.8.